The zero-order valence-corrected chi connectivity index (χ0v) is 9.94. The van der Waals surface area contributed by atoms with Crippen molar-refractivity contribution in [3.63, 3.8) is 0 Å². The molecule has 1 aromatic carbocycles. The summed E-state index contributed by atoms with van der Waals surface area (Å²) >= 11 is 0. The highest BCUT2D eigenvalue weighted by Crippen LogP contribution is 2.26. The molecule has 1 aromatic rings. The first kappa shape index (κ1) is 11.8. The van der Waals surface area contributed by atoms with Crippen LogP contribution in [0.25, 0.3) is 0 Å². The minimum absolute atomic E-state index is 0.102. The molecule has 0 spiro atoms. The standard InChI is InChI=1S/C13H17NO3/c1-16-11-4-2-3-5-12(11)17-9-7-10-6-8-14-13(10)15/h2-5,10H,6-9H2,1H3,(H,14,15). The van der Waals surface area contributed by atoms with E-state index in [9.17, 15) is 4.79 Å². The minimum atomic E-state index is 0.102. The van der Waals surface area contributed by atoms with Crippen LogP contribution in [0.15, 0.2) is 24.3 Å². The fourth-order valence-corrected chi connectivity index (χ4v) is 1.97. The summed E-state index contributed by atoms with van der Waals surface area (Å²) in [6, 6.07) is 7.53. The largest absolute Gasteiger partial charge is 0.493 e. The van der Waals surface area contributed by atoms with E-state index in [1.54, 1.807) is 7.11 Å². The summed E-state index contributed by atoms with van der Waals surface area (Å²) in [5.74, 6) is 1.70. The van der Waals surface area contributed by atoms with E-state index in [2.05, 4.69) is 5.32 Å². The number of rotatable bonds is 5. The van der Waals surface area contributed by atoms with Gasteiger partial charge >= 0.3 is 0 Å². The van der Waals surface area contributed by atoms with Crippen molar-refractivity contribution in [3.05, 3.63) is 24.3 Å². The number of hydrogen-bond donors (Lipinski definition) is 1. The molecule has 0 bridgehead atoms. The maximum atomic E-state index is 11.3. The SMILES string of the molecule is COc1ccccc1OCCC1CCNC1=O. The number of methoxy groups -OCH3 is 1. The van der Waals surface area contributed by atoms with Crippen molar-refractivity contribution in [2.75, 3.05) is 20.3 Å². The van der Waals surface area contributed by atoms with Gasteiger partial charge in [0.15, 0.2) is 11.5 Å². The van der Waals surface area contributed by atoms with Gasteiger partial charge < -0.3 is 14.8 Å². The number of hydrogen-bond acceptors (Lipinski definition) is 3. The highest BCUT2D eigenvalue weighted by atomic mass is 16.5. The van der Waals surface area contributed by atoms with E-state index in [0.717, 1.165) is 30.9 Å². The van der Waals surface area contributed by atoms with E-state index in [1.807, 2.05) is 24.3 Å². The minimum Gasteiger partial charge on any atom is -0.493 e. The number of carbonyl (C=O) groups excluding carboxylic acids is 1. The van der Waals surface area contributed by atoms with E-state index >= 15 is 0 Å². The number of amides is 1. The predicted molar refractivity (Wildman–Crippen MR) is 64.2 cm³/mol. The van der Waals surface area contributed by atoms with Crippen LogP contribution in [0.2, 0.25) is 0 Å². The molecule has 1 aliphatic rings. The Labute approximate surface area is 101 Å². The third-order valence-electron chi connectivity index (χ3n) is 2.96. The molecule has 0 radical (unpaired) electrons. The Morgan fingerprint density at radius 3 is 2.76 bits per heavy atom. The number of ether oxygens (including phenoxy) is 2. The maximum Gasteiger partial charge on any atom is 0.223 e. The summed E-state index contributed by atoms with van der Waals surface area (Å²) in [6.07, 6.45) is 1.66. The summed E-state index contributed by atoms with van der Waals surface area (Å²) in [4.78, 5) is 11.3. The molecule has 92 valence electrons. The summed E-state index contributed by atoms with van der Waals surface area (Å²) in [6.45, 7) is 1.33. The lowest BCUT2D eigenvalue weighted by Crippen LogP contribution is -2.20. The molecule has 1 fully saturated rings. The van der Waals surface area contributed by atoms with Crippen molar-refractivity contribution in [1.82, 2.24) is 5.32 Å². The van der Waals surface area contributed by atoms with E-state index < -0.39 is 0 Å². The molecule has 1 amide bonds. The molecule has 17 heavy (non-hydrogen) atoms. The van der Waals surface area contributed by atoms with Gasteiger partial charge in [0, 0.05) is 12.5 Å². The van der Waals surface area contributed by atoms with Crippen molar-refractivity contribution in [3.8, 4) is 11.5 Å². The van der Waals surface area contributed by atoms with Gasteiger partial charge in [0.2, 0.25) is 5.91 Å². The van der Waals surface area contributed by atoms with Crippen LogP contribution in [0.3, 0.4) is 0 Å². The average molecular weight is 235 g/mol. The van der Waals surface area contributed by atoms with Gasteiger partial charge in [0.25, 0.3) is 0 Å². The molecule has 1 atom stereocenters. The lowest BCUT2D eigenvalue weighted by Gasteiger charge is -2.11. The van der Waals surface area contributed by atoms with Gasteiger partial charge in [-0.15, -0.1) is 0 Å². The van der Waals surface area contributed by atoms with Gasteiger partial charge in [-0.3, -0.25) is 4.79 Å². The van der Waals surface area contributed by atoms with E-state index in [1.165, 1.54) is 0 Å². The highest BCUT2D eigenvalue weighted by molar-refractivity contribution is 5.80. The Hall–Kier alpha value is -1.71. The molecular weight excluding hydrogens is 218 g/mol. The molecule has 2 rings (SSSR count). The second-order valence-corrected chi connectivity index (χ2v) is 4.06. The van der Waals surface area contributed by atoms with Crippen molar-refractivity contribution in [1.29, 1.82) is 0 Å². The summed E-state index contributed by atoms with van der Waals surface area (Å²) in [5.41, 5.74) is 0. The van der Waals surface area contributed by atoms with E-state index in [4.69, 9.17) is 9.47 Å². The van der Waals surface area contributed by atoms with Crippen molar-refractivity contribution in [2.45, 2.75) is 12.8 Å². The van der Waals surface area contributed by atoms with Gasteiger partial charge in [-0.05, 0) is 25.0 Å². The molecule has 1 saturated heterocycles. The average Bonchev–Trinajstić information content (AvgIpc) is 2.76. The Kier molecular flexibility index (Phi) is 3.85. The number of nitrogens with one attached hydrogen (secondary N) is 1. The molecule has 1 aliphatic heterocycles. The van der Waals surface area contributed by atoms with Gasteiger partial charge in [-0.25, -0.2) is 0 Å². The maximum absolute atomic E-state index is 11.3. The lowest BCUT2D eigenvalue weighted by atomic mass is 10.1. The number of carbonyl (C=O) groups is 1. The molecule has 0 aliphatic carbocycles. The summed E-state index contributed by atoms with van der Waals surface area (Å²) < 4.78 is 10.8. The highest BCUT2D eigenvalue weighted by Gasteiger charge is 2.23. The fourth-order valence-electron chi connectivity index (χ4n) is 1.97. The van der Waals surface area contributed by atoms with Crippen LogP contribution in [0, 0.1) is 5.92 Å². The van der Waals surface area contributed by atoms with Gasteiger partial charge in [0.05, 0.1) is 13.7 Å². The number of benzene rings is 1. The predicted octanol–water partition coefficient (Wildman–Crippen LogP) is 1.60. The molecular formula is C13H17NO3. The molecule has 4 nitrogen and oxygen atoms in total. The first-order valence-electron chi connectivity index (χ1n) is 5.85. The van der Waals surface area contributed by atoms with Crippen LogP contribution in [0.4, 0.5) is 0 Å². The Morgan fingerprint density at radius 1 is 1.35 bits per heavy atom. The van der Waals surface area contributed by atoms with Gasteiger partial charge in [-0.2, -0.15) is 0 Å². The molecule has 1 heterocycles. The quantitative estimate of drug-likeness (QED) is 0.843. The lowest BCUT2D eigenvalue weighted by molar-refractivity contribution is -0.122. The van der Waals surface area contributed by atoms with E-state index in [-0.39, 0.29) is 11.8 Å². The molecule has 1 unspecified atom stereocenters. The van der Waals surface area contributed by atoms with Crippen molar-refractivity contribution >= 4 is 5.91 Å². The molecule has 1 N–H and O–H groups in total. The third-order valence-corrected chi connectivity index (χ3v) is 2.96. The fraction of sp³-hybridized carbons (Fsp3) is 0.462. The number of para-hydroxylation sites is 2. The van der Waals surface area contributed by atoms with Crippen LogP contribution in [-0.2, 0) is 4.79 Å². The monoisotopic (exact) mass is 235 g/mol. The van der Waals surface area contributed by atoms with Crippen molar-refractivity contribution < 1.29 is 14.3 Å². The van der Waals surface area contributed by atoms with Crippen LogP contribution >= 0.6 is 0 Å². The van der Waals surface area contributed by atoms with Gasteiger partial charge in [0.1, 0.15) is 0 Å². The molecule has 0 aromatic heterocycles. The Morgan fingerprint density at radius 2 is 2.12 bits per heavy atom. The normalized spacial score (nSPS) is 18.9. The third kappa shape index (κ3) is 2.90. The smallest absolute Gasteiger partial charge is 0.223 e. The van der Waals surface area contributed by atoms with Crippen LogP contribution < -0.4 is 14.8 Å². The first-order chi connectivity index (χ1) is 8.31. The molecule has 0 saturated carbocycles. The Bertz CT molecular complexity index is 392. The molecule has 4 heteroatoms. The summed E-state index contributed by atoms with van der Waals surface area (Å²) in [5, 5.41) is 2.82. The zero-order chi connectivity index (χ0) is 12.1. The van der Waals surface area contributed by atoms with Crippen LogP contribution in [0.5, 0.6) is 11.5 Å². The topological polar surface area (TPSA) is 47.6 Å². The van der Waals surface area contributed by atoms with E-state index in [0.29, 0.717) is 6.61 Å². The zero-order valence-electron chi connectivity index (χ0n) is 9.94. The van der Waals surface area contributed by atoms with Crippen LogP contribution in [0.1, 0.15) is 12.8 Å². The first-order valence-corrected chi connectivity index (χ1v) is 5.85. The Balaban J connectivity index is 1.83. The summed E-state index contributed by atoms with van der Waals surface area (Å²) in [7, 11) is 1.62. The van der Waals surface area contributed by atoms with Gasteiger partial charge in [-0.1, -0.05) is 12.1 Å². The van der Waals surface area contributed by atoms with Crippen molar-refractivity contribution in [2.24, 2.45) is 5.92 Å². The second kappa shape index (κ2) is 5.57. The van der Waals surface area contributed by atoms with Crippen LogP contribution in [-0.4, -0.2) is 26.2 Å². The second-order valence-electron chi connectivity index (χ2n) is 4.06.